The Labute approximate surface area is 174 Å². The molecule has 0 radical (unpaired) electrons. The van der Waals surface area contributed by atoms with E-state index in [1.165, 1.54) is 5.56 Å². The van der Waals surface area contributed by atoms with Crippen LogP contribution >= 0.6 is 0 Å². The molecule has 0 unspecified atom stereocenters. The van der Waals surface area contributed by atoms with Gasteiger partial charge in [0.05, 0.1) is 6.04 Å². The molecular weight excluding hydrogens is 367 g/mol. The Kier molecular flexibility index (Phi) is 8.71. The quantitative estimate of drug-likeness (QED) is 0.554. The Morgan fingerprint density at radius 2 is 1.83 bits per heavy atom. The molecule has 0 spiro atoms. The van der Waals surface area contributed by atoms with Gasteiger partial charge in [-0.25, -0.2) is 4.79 Å². The number of hydrogen-bond donors (Lipinski definition) is 3. The van der Waals surface area contributed by atoms with Gasteiger partial charge in [0.25, 0.3) is 0 Å². The van der Waals surface area contributed by atoms with Crippen LogP contribution in [0.3, 0.4) is 0 Å². The van der Waals surface area contributed by atoms with E-state index in [1.54, 1.807) is 4.90 Å². The number of carbonyl (C=O) groups excluding carboxylic acids is 2. The Bertz CT molecular complexity index is 695. The summed E-state index contributed by atoms with van der Waals surface area (Å²) in [7, 11) is -1.53. The summed E-state index contributed by atoms with van der Waals surface area (Å²) in [6.45, 7) is 9.07. The fourth-order valence-corrected chi connectivity index (χ4v) is 3.97. The third-order valence-electron chi connectivity index (χ3n) is 5.92. The summed E-state index contributed by atoms with van der Waals surface area (Å²) >= 11 is 0. The predicted molar refractivity (Wildman–Crippen MR) is 115 cm³/mol. The van der Waals surface area contributed by atoms with Gasteiger partial charge >= 0.3 is 13.1 Å². The van der Waals surface area contributed by atoms with E-state index in [1.807, 2.05) is 45.9 Å². The molecule has 6 nitrogen and oxygen atoms in total. The number of hydrogen-bond acceptors (Lipinski definition) is 4. The first-order chi connectivity index (χ1) is 13.7. The molecule has 3 N–H and O–H groups in total. The largest absolute Gasteiger partial charge is 0.455 e. The molecule has 0 saturated heterocycles. The topological polar surface area (TPSA) is 89.9 Å². The van der Waals surface area contributed by atoms with Gasteiger partial charge in [-0.1, -0.05) is 58.4 Å². The Morgan fingerprint density at radius 1 is 1.17 bits per heavy atom. The van der Waals surface area contributed by atoms with Gasteiger partial charge in [0.1, 0.15) is 0 Å². The fourth-order valence-electron chi connectivity index (χ4n) is 3.97. The van der Waals surface area contributed by atoms with E-state index < -0.39 is 19.0 Å². The van der Waals surface area contributed by atoms with Gasteiger partial charge in [-0.3, -0.25) is 4.79 Å². The highest BCUT2D eigenvalue weighted by Crippen LogP contribution is 2.26. The van der Waals surface area contributed by atoms with Gasteiger partial charge in [-0.15, -0.1) is 0 Å². The summed E-state index contributed by atoms with van der Waals surface area (Å²) in [6, 6.07) is 7.24. The van der Waals surface area contributed by atoms with Gasteiger partial charge in [-0.2, -0.15) is 0 Å². The third-order valence-corrected chi connectivity index (χ3v) is 5.92. The molecule has 0 aromatic heterocycles. The van der Waals surface area contributed by atoms with E-state index in [4.69, 9.17) is 0 Å². The maximum absolute atomic E-state index is 13.0. The summed E-state index contributed by atoms with van der Waals surface area (Å²) in [6.07, 6.45) is 2.15. The highest BCUT2D eigenvalue weighted by molar-refractivity contribution is 6.43. The normalized spacial score (nSPS) is 16.7. The second kappa shape index (κ2) is 10.8. The number of ketones is 1. The van der Waals surface area contributed by atoms with Crippen molar-refractivity contribution < 1.29 is 19.6 Å². The second-order valence-corrected chi connectivity index (χ2v) is 8.73. The molecule has 1 aromatic rings. The lowest BCUT2D eigenvalue weighted by molar-refractivity contribution is -0.122. The van der Waals surface area contributed by atoms with Crippen LogP contribution in [0.15, 0.2) is 24.3 Å². The number of Topliss-reactive ketones (excluding diaryl/α,β-unsaturated/α-hetero) is 1. The van der Waals surface area contributed by atoms with E-state index in [2.05, 4.69) is 11.4 Å². The Morgan fingerprint density at radius 3 is 2.41 bits per heavy atom. The van der Waals surface area contributed by atoms with Crippen molar-refractivity contribution in [3.05, 3.63) is 35.4 Å². The standard InChI is InChI=1S/C22H35BN2O4/c1-5-16(4)21(20(26)13-19(23(28)29)12-15(2)3)24-22(27)25-11-10-17-8-6-7-9-18(17)14-25/h6-9,15-16,19,21,28-29H,5,10-14H2,1-4H3,(H,24,27)/t16-,19+,21-/m0/s1. The average Bonchev–Trinajstić information content (AvgIpc) is 2.69. The molecule has 7 heteroatoms. The summed E-state index contributed by atoms with van der Waals surface area (Å²) < 4.78 is 0. The van der Waals surface area contributed by atoms with Gasteiger partial charge in [0, 0.05) is 25.3 Å². The number of amides is 2. The number of nitrogens with zero attached hydrogens (tertiary/aromatic N) is 1. The zero-order valence-electron chi connectivity index (χ0n) is 18.1. The van der Waals surface area contributed by atoms with Crippen molar-refractivity contribution >= 4 is 18.9 Å². The lowest BCUT2D eigenvalue weighted by atomic mass is 9.65. The van der Waals surface area contributed by atoms with Crippen molar-refractivity contribution in [2.24, 2.45) is 11.8 Å². The van der Waals surface area contributed by atoms with Crippen LogP contribution in [-0.2, 0) is 17.8 Å². The Hall–Kier alpha value is -1.86. The van der Waals surface area contributed by atoms with Crippen molar-refractivity contribution in [3.63, 3.8) is 0 Å². The van der Waals surface area contributed by atoms with Crippen LogP contribution in [0.1, 0.15) is 58.1 Å². The van der Waals surface area contributed by atoms with Crippen LogP contribution in [0.25, 0.3) is 0 Å². The van der Waals surface area contributed by atoms with Crippen molar-refractivity contribution in [1.82, 2.24) is 10.2 Å². The van der Waals surface area contributed by atoms with Crippen molar-refractivity contribution in [3.8, 4) is 0 Å². The number of fused-ring (bicyclic) bond motifs is 1. The second-order valence-electron chi connectivity index (χ2n) is 8.73. The van der Waals surface area contributed by atoms with Crippen LogP contribution in [0, 0.1) is 11.8 Å². The molecule has 0 bridgehead atoms. The highest BCUT2D eigenvalue weighted by Gasteiger charge is 2.33. The first-order valence-corrected chi connectivity index (χ1v) is 10.7. The Balaban J connectivity index is 2.06. The molecular formula is C22H35BN2O4. The van der Waals surface area contributed by atoms with Crippen LogP contribution < -0.4 is 5.32 Å². The lowest BCUT2D eigenvalue weighted by Crippen LogP contribution is -2.51. The molecule has 1 aromatic carbocycles. The number of rotatable bonds is 9. The van der Waals surface area contributed by atoms with Crippen molar-refractivity contribution in [1.29, 1.82) is 0 Å². The molecule has 1 aliphatic heterocycles. The number of nitrogens with one attached hydrogen (secondary N) is 1. The van der Waals surface area contributed by atoms with E-state index in [0.717, 1.165) is 18.4 Å². The van der Waals surface area contributed by atoms with E-state index in [-0.39, 0.29) is 30.1 Å². The molecule has 0 fully saturated rings. The molecule has 2 rings (SSSR count). The van der Waals surface area contributed by atoms with E-state index in [9.17, 15) is 19.6 Å². The summed E-state index contributed by atoms with van der Waals surface area (Å²) in [5.74, 6) is -0.435. The minimum Gasteiger partial charge on any atom is -0.427 e. The van der Waals surface area contributed by atoms with Crippen molar-refractivity contribution in [2.75, 3.05) is 6.54 Å². The molecule has 160 valence electrons. The predicted octanol–water partition coefficient (Wildman–Crippen LogP) is 3.02. The van der Waals surface area contributed by atoms with Gasteiger partial charge in [0.15, 0.2) is 5.78 Å². The molecule has 0 aliphatic carbocycles. The first-order valence-electron chi connectivity index (χ1n) is 10.7. The molecule has 2 amide bonds. The molecule has 29 heavy (non-hydrogen) atoms. The summed E-state index contributed by atoms with van der Waals surface area (Å²) in [4.78, 5) is 27.7. The highest BCUT2D eigenvalue weighted by atomic mass is 16.4. The summed E-state index contributed by atoms with van der Waals surface area (Å²) in [5.41, 5.74) is 2.40. The summed E-state index contributed by atoms with van der Waals surface area (Å²) in [5, 5.41) is 22.3. The monoisotopic (exact) mass is 402 g/mol. The number of benzene rings is 1. The van der Waals surface area contributed by atoms with Crippen LogP contribution in [-0.4, -0.2) is 46.5 Å². The average molecular weight is 402 g/mol. The first kappa shape index (κ1) is 23.4. The van der Waals surface area contributed by atoms with Crippen LogP contribution in [0.4, 0.5) is 4.79 Å². The number of urea groups is 1. The fraction of sp³-hybridized carbons (Fsp3) is 0.636. The smallest absolute Gasteiger partial charge is 0.427 e. The zero-order chi connectivity index (χ0) is 21.6. The molecule has 3 atom stereocenters. The lowest BCUT2D eigenvalue weighted by Gasteiger charge is -2.32. The van der Waals surface area contributed by atoms with Gasteiger partial charge in [0.2, 0.25) is 0 Å². The van der Waals surface area contributed by atoms with Crippen LogP contribution in [0.5, 0.6) is 0 Å². The van der Waals surface area contributed by atoms with Crippen LogP contribution in [0.2, 0.25) is 5.82 Å². The van der Waals surface area contributed by atoms with E-state index in [0.29, 0.717) is 19.5 Å². The SMILES string of the molecule is CC[C@H](C)[C@H](NC(=O)N1CCc2ccccc2C1)C(=O)C[C@@H](CC(C)C)B(O)O. The maximum Gasteiger partial charge on any atom is 0.455 e. The molecule has 1 heterocycles. The van der Waals surface area contributed by atoms with Gasteiger partial charge < -0.3 is 20.3 Å². The minimum absolute atomic E-state index is 0.0286. The van der Waals surface area contributed by atoms with E-state index >= 15 is 0 Å². The number of carbonyl (C=O) groups is 2. The minimum atomic E-state index is -1.53. The molecule has 1 aliphatic rings. The van der Waals surface area contributed by atoms with Crippen molar-refractivity contribution in [2.45, 2.75) is 71.8 Å². The molecule has 0 saturated carbocycles. The van der Waals surface area contributed by atoms with Gasteiger partial charge in [-0.05, 0) is 35.8 Å². The third kappa shape index (κ3) is 6.58. The zero-order valence-corrected chi connectivity index (χ0v) is 18.1. The maximum atomic E-state index is 13.0.